The Morgan fingerprint density at radius 2 is 2.04 bits per heavy atom. The molecule has 0 aliphatic carbocycles. The summed E-state index contributed by atoms with van der Waals surface area (Å²) in [5.74, 6) is -0.987. The van der Waals surface area contributed by atoms with E-state index in [-0.39, 0.29) is 12.6 Å². The zero-order chi connectivity index (χ0) is 16.8. The maximum atomic E-state index is 12.4. The number of urea groups is 1. The van der Waals surface area contributed by atoms with Crippen LogP contribution in [0.15, 0.2) is 41.4 Å². The first-order valence-corrected chi connectivity index (χ1v) is 7.79. The Balaban J connectivity index is 2.27. The van der Waals surface area contributed by atoms with E-state index in [9.17, 15) is 9.59 Å². The van der Waals surface area contributed by atoms with Gasteiger partial charge in [0.05, 0.1) is 6.04 Å². The maximum absolute atomic E-state index is 12.4. The van der Waals surface area contributed by atoms with Gasteiger partial charge >= 0.3 is 12.0 Å². The van der Waals surface area contributed by atoms with Crippen LogP contribution in [-0.4, -0.2) is 24.3 Å². The Morgan fingerprint density at radius 1 is 1.35 bits per heavy atom. The lowest BCUT2D eigenvalue weighted by Gasteiger charge is -2.29. The second-order valence-electron chi connectivity index (χ2n) is 5.45. The number of hydrogen-bond acceptors (Lipinski definition) is 3. The molecule has 1 aliphatic heterocycles. The third-order valence-corrected chi connectivity index (χ3v) is 3.90. The summed E-state index contributed by atoms with van der Waals surface area (Å²) in [5, 5.41) is 2.78. The van der Waals surface area contributed by atoms with E-state index in [1.807, 2.05) is 37.3 Å². The van der Waals surface area contributed by atoms with E-state index in [4.69, 9.17) is 4.74 Å². The molecule has 5 heteroatoms. The van der Waals surface area contributed by atoms with E-state index in [1.165, 1.54) is 5.56 Å². The largest absolute Gasteiger partial charge is 0.461 e. The monoisotopic (exact) mass is 314 g/mol. The summed E-state index contributed by atoms with van der Waals surface area (Å²) in [6, 6.07) is 7.01. The van der Waals surface area contributed by atoms with Crippen molar-refractivity contribution in [2.45, 2.75) is 33.2 Å². The number of carbonyl (C=O) groups is 2. The first kappa shape index (κ1) is 16.9. The number of carbonyl (C=O) groups excluding carboxylic acids is 2. The molecule has 1 aromatic carbocycles. The number of rotatable bonds is 5. The highest BCUT2D eigenvalue weighted by atomic mass is 16.5. The van der Waals surface area contributed by atoms with E-state index in [2.05, 4.69) is 17.2 Å². The number of nitrogens with one attached hydrogen (secondary N) is 1. The molecule has 2 amide bonds. The molecular formula is C18H22N2O3. The molecule has 0 fully saturated rings. The van der Waals surface area contributed by atoms with Crippen molar-refractivity contribution in [3.8, 4) is 0 Å². The molecule has 2 rings (SSSR count). The second-order valence-corrected chi connectivity index (χ2v) is 5.45. The summed E-state index contributed by atoms with van der Waals surface area (Å²) >= 11 is 0. The van der Waals surface area contributed by atoms with Gasteiger partial charge in [-0.25, -0.2) is 9.79 Å². The summed E-state index contributed by atoms with van der Waals surface area (Å²) in [4.78, 5) is 28.0. The number of aryl methyl sites for hydroxylation is 1. The molecule has 2 atom stereocenters. The second kappa shape index (κ2) is 7.72. The van der Waals surface area contributed by atoms with Gasteiger partial charge in [-0.3, -0.25) is 4.79 Å². The third kappa shape index (κ3) is 4.06. The molecule has 0 bridgehead atoms. The van der Waals surface area contributed by atoms with Gasteiger partial charge in [-0.1, -0.05) is 43.3 Å². The van der Waals surface area contributed by atoms with Gasteiger partial charge in [0, 0.05) is 5.71 Å². The van der Waals surface area contributed by atoms with E-state index in [0.717, 1.165) is 12.0 Å². The van der Waals surface area contributed by atoms with Crippen LogP contribution in [0.3, 0.4) is 0 Å². The predicted octanol–water partition coefficient (Wildman–Crippen LogP) is 3.21. The standard InChI is InChI=1S/C18H22N2O3/c1-4-6-11-23-17(21)15-12(3)19-18(22)20-16(15)14-9-7-13(5-2)8-10-14/h4,6-10,15-16H,5,11H2,1-3H3,(H,20,22). The van der Waals surface area contributed by atoms with Gasteiger partial charge in [0.2, 0.25) is 0 Å². The molecule has 122 valence electrons. The number of ether oxygens (including phenoxy) is 1. The van der Waals surface area contributed by atoms with Gasteiger partial charge in [-0.2, -0.15) is 0 Å². The molecule has 23 heavy (non-hydrogen) atoms. The van der Waals surface area contributed by atoms with Crippen LogP contribution in [0.2, 0.25) is 0 Å². The molecule has 1 aromatic rings. The molecular weight excluding hydrogens is 292 g/mol. The van der Waals surface area contributed by atoms with Crippen LogP contribution in [0.1, 0.15) is 37.9 Å². The number of benzene rings is 1. The van der Waals surface area contributed by atoms with Crippen molar-refractivity contribution in [3.05, 3.63) is 47.5 Å². The molecule has 0 spiro atoms. The Bertz CT molecular complexity index is 632. The molecule has 5 nitrogen and oxygen atoms in total. The topological polar surface area (TPSA) is 67.8 Å². The van der Waals surface area contributed by atoms with Gasteiger partial charge in [0.1, 0.15) is 12.5 Å². The number of aliphatic imine (C=N–C) groups is 1. The molecule has 2 unspecified atom stereocenters. The van der Waals surface area contributed by atoms with Gasteiger partial charge in [-0.05, 0) is 31.4 Å². The molecule has 0 saturated heterocycles. The molecule has 0 radical (unpaired) electrons. The average molecular weight is 314 g/mol. The lowest BCUT2D eigenvalue weighted by atomic mass is 9.88. The van der Waals surface area contributed by atoms with E-state index in [1.54, 1.807) is 13.0 Å². The van der Waals surface area contributed by atoms with Crippen molar-refractivity contribution < 1.29 is 14.3 Å². The van der Waals surface area contributed by atoms with Gasteiger partial charge < -0.3 is 10.1 Å². The summed E-state index contributed by atoms with van der Waals surface area (Å²) in [7, 11) is 0. The Labute approximate surface area is 136 Å². The summed E-state index contributed by atoms with van der Waals surface area (Å²) in [6.45, 7) is 5.84. The van der Waals surface area contributed by atoms with Crippen LogP contribution in [0.5, 0.6) is 0 Å². The van der Waals surface area contributed by atoms with Crippen molar-refractivity contribution in [2.75, 3.05) is 6.61 Å². The third-order valence-electron chi connectivity index (χ3n) is 3.90. The summed E-state index contributed by atoms with van der Waals surface area (Å²) in [5.41, 5.74) is 2.55. The van der Waals surface area contributed by atoms with Gasteiger partial charge in [-0.15, -0.1) is 0 Å². The lowest BCUT2D eigenvalue weighted by Crippen LogP contribution is -2.44. The molecule has 0 saturated carbocycles. The van der Waals surface area contributed by atoms with Gasteiger partial charge in [0.15, 0.2) is 0 Å². The normalized spacial score (nSPS) is 21.0. The van der Waals surface area contributed by atoms with Crippen molar-refractivity contribution in [1.29, 1.82) is 0 Å². The minimum Gasteiger partial charge on any atom is -0.461 e. The Hall–Kier alpha value is -2.43. The van der Waals surface area contributed by atoms with Crippen LogP contribution < -0.4 is 5.32 Å². The molecule has 1 N–H and O–H groups in total. The zero-order valence-electron chi connectivity index (χ0n) is 13.7. The van der Waals surface area contributed by atoms with Crippen LogP contribution in [0, 0.1) is 5.92 Å². The van der Waals surface area contributed by atoms with Gasteiger partial charge in [0.25, 0.3) is 0 Å². The SMILES string of the molecule is CC=CCOC(=O)C1C(C)=NC(=O)NC1c1ccc(CC)cc1. The minimum absolute atomic E-state index is 0.217. The number of hydrogen-bond donors (Lipinski definition) is 1. The van der Waals surface area contributed by atoms with Crippen LogP contribution in [0.4, 0.5) is 4.79 Å². The number of allylic oxidation sites excluding steroid dienone is 1. The fraction of sp³-hybridized carbons (Fsp3) is 0.389. The lowest BCUT2D eigenvalue weighted by molar-refractivity contribution is -0.145. The number of nitrogens with zero attached hydrogens (tertiary/aromatic N) is 1. The minimum atomic E-state index is -0.606. The maximum Gasteiger partial charge on any atom is 0.341 e. The summed E-state index contributed by atoms with van der Waals surface area (Å²) < 4.78 is 5.27. The molecule has 1 heterocycles. The fourth-order valence-corrected chi connectivity index (χ4v) is 2.58. The summed E-state index contributed by atoms with van der Waals surface area (Å²) in [6.07, 6.45) is 4.52. The van der Waals surface area contributed by atoms with E-state index in [0.29, 0.717) is 5.71 Å². The van der Waals surface area contributed by atoms with Crippen molar-refractivity contribution in [1.82, 2.24) is 5.32 Å². The average Bonchev–Trinajstić information content (AvgIpc) is 2.54. The number of amides is 2. The Kier molecular flexibility index (Phi) is 5.68. The smallest absolute Gasteiger partial charge is 0.341 e. The van der Waals surface area contributed by atoms with Crippen molar-refractivity contribution in [2.24, 2.45) is 10.9 Å². The predicted molar refractivity (Wildman–Crippen MR) is 89.5 cm³/mol. The molecule has 0 aromatic heterocycles. The van der Waals surface area contributed by atoms with Crippen LogP contribution >= 0.6 is 0 Å². The highest BCUT2D eigenvalue weighted by Crippen LogP contribution is 2.28. The Morgan fingerprint density at radius 3 is 2.65 bits per heavy atom. The number of esters is 1. The first-order valence-electron chi connectivity index (χ1n) is 7.79. The van der Waals surface area contributed by atoms with Crippen LogP contribution in [0.25, 0.3) is 0 Å². The highest BCUT2D eigenvalue weighted by Gasteiger charge is 2.37. The quantitative estimate of drug-likeness (QED) is 0.670. The van der Waals surface area contributed by atoms with Crippen molar-refractivity contribution in [3.63, 3.8) is 0 Å². The molecule has 1 aliphatic rings. The fourth-order valence-electron chi connectivity index (χ4n) is 2.58. The highest BCUT2D eigenvalue weighted by molar-refractivity contribution is 6.08. The van der Waals surface area contributed by atoms with Crippen LogP contribution in [-0.2, 0) is 16.0 Å². The van der Waals surface area contributed by atoms with E-state index >= 15 is 0 Å². The first-order chi connectivity index (χ1) is 11.1. The van der Waals surface area contributed by atoms with Crippen molar-refractivity contribution >= 4 is 17.7 Å². The zero-order valence-corrected chi connectivity index (χ0v) is 13.7. The van der Waals surface area contributed by atoms with E-state index < -0.39 is 18.0 Å².